The lowest BCUT2D eigenvalue weighted by Crippen LogP contribution is -2.00. The number of hydrogen-bond donors (Lipinski definition) is 0. The average Bonchev–Trinajstić information content (AvgIpc) is 3.53. The first-order chi connectivity index (χ1) is 18.8. The van der Waals surface area contributed by atoms with E-state index in [1.807, 2.05) is 12.3 Å². The summed E-state index contributed by atoms with van der Waals surface area (Å²) in [6.07, 6.45) is 2.02. The Labute approximate surface area is 223 Å². The first-order valence-electron chi connectivity index (χ1n) is 12.7. The molecule has 0 amide bonds. The molecule has 0 radical (unpaired) electrons. The van der Waals surface area contributed by atoms with Crippen molar-refractivity contribution >= 4 is 53.4 Å². The van der Waals surface area contributed by atoms with Crippen molar-refractivity contribution in [3.8, 4) is 28.2 Å². The third kappa shape index (κ3) is 3.21. The van der Waals surface area contributed by atoms with Gasteiger partial charge in [-0.25, -0.2) is 9.97 Å². The molecule has 0 fully saturated rings. The van der Waals surface area contributed by atoms with Gasteiger partial charge in [0, 0.05) is 31.8 Å². The number of aromatic nitrogens is 3. The van der Waals surface area contributed by atoms with Gasteiger partial charge in [-0.3, -0.25) is 4.57 Å². The number of para-hydroxylation sites is 1. The first-order valence-corrected chi connectivity index (χ1v) is 13.5. The highest BCUT2D eigenvalue weighted by molar-refractivity contribution is 7.25. The highest BCUT2D eigenvalue weighted by Gasteiger charge is 2.20. The largest absolute Gasteiger partial charge is 0.292 e. The highest BCUT2D eigenvalue weighted by Crippen LogP contribution is 2.42. The molecule has 4 heterocycles. The lowest BCUT2D eigenvalue weighted by atomic mass is 10.0. The molecule has 0 spiro atoms. The van der Waals surface area contributed by atoms with Gasteiger partial charge in [-0.15, -0.1) is 11.3 Å². The summed E-state index contributed by atoms with van der Waals surface area (Å²) < 4.78 is 3.54. The van der Waals surface area contributed by atoms with Crippen molar-refractivity contribution in [2.24, 2.45) is 0 Å². The van der Waals surface area contributed by atoms with Crippen molar-refractivity contribution < 1.29 is 0 Å². The van der Waals surface area contributed by atoms with E-state index in [1.165, 1.54) is 31.8 Å². The van der Waals surface area contributed by atoms with Crippen molar-refractivity contribution in [3.05, 3.63) is 128 Å². The zero-order chi connectivity index (χ0) is 25.1. The first kappa shape index (κ1) is 21.3. The number of nitrogens with zero attached hydrogens (tertiary/aromatic N) is 3. The molecule has 0 unspecified atom stereocenters. The molecule has 0 atom stereocenters. The predicted molar refractivity (Wildman–Crippen MR) is 160 cm³/mol. The van der Waals surface area contributed by atoms with Crippen molar-refractivity contribution in [2.45, 2.75) is 0 Å². The molecule has 38 heavy (non-hydrogen) atoms. The quantitative estimate of drug-likeness (QED) is 0.240. The Kier molecular flexibility index (Phi) is 4.69. The summed E-state index contributed by atoms with van der Waals surface area (Å²) >= 11 is 1.75. The monoisotopic (exact) mass is 503 g/mol. The molecule has 0 bridgehead atoms. The summed E-state index contributed by atoms with van der Waals surface area (Å²) in [7, 11) is 0. The molecule has 4 aromatic carbocycles. The van der Waals surface area contributed by atoms with Gasteiger partial charge in [0.25, 0.3) is 0 Å². The highest BCUT2D eigenvalue weighted by atomic mass is 32.1. The Morgan fingerprint density at radius 3 is 2.05 bits per heavy atom. The van der Waals surface area contributed by atoms with Crippen molar-refractivity contribution in [3.63, 3.8) is 0 Å². The molecule has 0 saturated carbocycles. The van der Waals surface area contributed by atoms with E-state index in [0.717, 1.165) is 38.5 Å². The minimum absolute atomic E-state index is 0.886. The molecular weight excluding hydrogens is 482 g/mol. The Bertz CT molecular complexity index is 2070. The number of thiophene rings is 1. The molecular formula is C34H21N3S. The van der Waals surface area contributed by atoms with Crippen LogP contribution in [0.5, 0.6) is 0 Å². The van der Waals surface area contributed by atoms with E-state index in [9.17, 15) is 0 Å². The van der Waals surface area contributed by atoms with Crippen LogP contribution in [-0.4, -0.2) is 14.5 Å². The molecule has 8 rings (SSSR count). The third-order valence-corrected chi connectivity index (χ3v) is 8.34. The van der Waals surface area contributed by atoms with Gasteiger partial charge in [-0.2, -0.15) is 0 Å². The van der Waals surface area contributed by atoms with E-state index in [1.54, 1.807) is 11.3 Å². The Morgan fingerprint density at radius 2 is 1.24 bits per heavy atom. The molecule has 178 valence electrons. The molecule has 0 aliphatic carbocycles. The van der Waals surface area contributed by atoms with Crippen LogP contribution in [0.3, 0.4) is 0 Å². The summed E-state index contributed by atoms with van der Waals surface area (Å²) in [5.41, 5.74) is 6.54. The van der Waals surface area contributed by atoms with E-state index in [4.69, 9.17) is 9.97 Å². The zero-order valence-corrected chi connectivity index (χ0v) is 21.2. The smallest absolute Gasteiger partial charge is 0.138 e. The Hall–Kier alpha value is -4.80. The number of benzene rings is 4. The van der Waals surface area contributed by atoms with E-state index in [-0.39, 0.29) is 0 Å². The molecule has 4 aromatic heterocycles. The third-order valence-electron chi connectivity index (χ3n) is 7.26. The van der Waals surface area contributed by atoms with E-state index >= 15 is 0 Å². The van der Waals surface area contributed by atoms with Crippen LogP contribution in [0.1, 0.15) is 0 Å². The molecule has 0 saturated heterocycles. The summed E-state index contributed by atoms with van der Waals surface area (Å²) in [6, 6.07) is 42.6. The van der Waals surface area contributed by atoms with Crippen LogP contribution >= 0.6 is 11.3 Å². The van der Waals surface area contributed by atoms with Crippen LogP contribution in [0.4, 0.5) is 0 Å². The van der Waals surface area contributed by atoms with Crippen LogP contribution in [0, 0.1) is 0 Å². The maximum atomic E-state index is 5.24. The van der Waals surface area contributed by atoms with Gasteiger partial charge in [0.1, 0.15) is 10.6 Å². The minimum atomic E-state index is 0.886. The van der Waals surface area contributed by atoms with Crippen LogP contribution in [-0.2, 0) is 0 Å². The number of hydrogen-bond acceptors (Lipinski definition) is 3. The average molecular weight is 504 g/mol. The SMILES string of the molecule is c1ccc(-c2cc(-c3ccccc3)nc(-n3c4ccccc4c4c5c(ncc43)sc3ccccc35)c2)cc1. The molecule has 0 aliphatic rings. The fourth-order valence-electron chi connectivity index (χ4n) is 5.56. The van der Waals surface area contributed by atoms with Crippen molar-refractivity contribution in [1.29, 1.82) is 0 Å². The van der Waals surface area contributed by atoms with Gasteiger partial charge < -0.3 is 0 Å². The molecule has 0 aliphatic heterocycles. The van der Waals surface area contributed by atoms with Crippen LogP contribution in [0.25, 0.3) is 70.3 Å². The van der Waals surface area contributed by atoms with E-state index in [2.05, 4.69) is 120 Å². The number of rotatable bonds is 3. The maximum Gasteiger partial charge on any atom is 0.138 e. The van der Waals surface area contributed by atoms with Gasteiger partial charge in [0.2, 0.25) is 0 Å². The topological polar surface area (TPSA) is 30.7 Å². The maximum absolute atomic E-state index is 5.24. The van der Waals surface area contributed by atoms with E-state index in [0.29, 0.717) is 0 Å². The summed E-state index contributed by atoms with van der Waals surface area (Å²) in [5.74, 6) is 0.886. The van der Waals surface area contributed by atoms with Crippen molar-refractivity contribution in [1.82, 2.24) is 14.5 Å². The van der Waals surface area contributed by atoms with E-state index < -0.39 is 0 Å². The lowest BCUT2D eigenvalue weighted by molar-refractivity contribution is 1.08. The summed E-state index contributed by atoms with van der Waals surface area (Å²) in [5, 5.41) is 4.92. The molecule has 8 aromatic rings. The molecule has 3 nitrogen and oxygen atoms in total. The second-order valence-corrected chi connectivity index (χ2v) is 10.5. The summed E-state index contributed by atoms with van der Waals surface area (Å²) in [4.78, 5) is 11.3. The number of pyridine rings is 2. The fraction of sp³-hybridized carbons (Fsp3) is 0. The second kappa shape index (κ2) is 8.37. The van der Waals surface area contributed by atoms with Gasteiger partial charge in [0.15, 0.2) is 0 Å². The van der Waals surface area contributed by atoms with Gasteiger partial charge in [-0.05, 0) is 35.4 Å². The minimum Gasteiger partial charge on any atom is -0.292 e. The molecule has 4 heteroatoms. The van der Waals surface area contributed by atoms with Gasteiger partial charge in [-0.1, -0.05) is 97.1 Å². The molecule has 0 N–H and O–H groups in total. The standard InChI is InChI=1S/C34H21N3S/c1-3-11-22(12-4-1)24-19-27(23-13-5-2-6-14-23)36-31(20-24)37-28-17-9-7-15-25(28)32-29(37)21-35-34-33(32)26-16-8-10-18-30(26)38-34/h1-21H. The van der Waals surface area contributed by atoms with Crippen LogP contribution in [0.2, 0.25) is 0 Å². The fourth-order valence-corrected chi connectivity index (χ4v) is 6.62. The van der Waals surface area contributed by atoms with Crippen LogP contribution in [0.15, 0.2) is 128 Å². The predicted octanol–water partition coefficient (Wildman–Crippen LogP) is 9.28. The van der Waals surface area contributed by atoms with Gasteiger partial charge in [0.05, 0.1) is 22.9 Å². The lowest BCUT2D eigenvalue weighted by Gasteiger charge is -2.12. The normalized spacial score (nSPS) is 11.7. The van der Waals surface area contributed by atoms with Crippen LogP contribution < -0.4 is 0 Å². The Balaban J connectivity index is 1.51. The van der Waals surface area contributed by atoms with Crippen molar-refractivity contribution in [2.75, 3.05) is 0 Å². The summed E-state index contributed by atoms with van der Waals surface area (Å²) in [6.45, 7) is 0. The Morgan fingerprint density at radius 1 is 0.553 bits per heavy atom. The zero-order valence-electron chi connectivity index (χ0n) is 20.4. The second-order valence-electron chi connectivity index (χ2n) is 9.48. The van der Waals surface area contributed by atoms with Gasteiger partial charge >= 0.3 is 0 Å². The number of fused-ring (bicyclic) bond motifs is 7.